The minimum atomic E-state index is -0.131. The molecule has 0 bridgehead atoms. The van der Waals surface area contributed by atoms with Gasteiger partial charge in [-0.25, -0.2) is 9.98 Å². The van der Waals surface area contributed by atoms with Gasteiger partial charge in [0.25, 0.3) is 0 Å². The number of fused-ring (bicyclic) bond motifs is 1. The van der Waals surface area contributed by atoms with Crippen LogP contribution in [0, 0.1) is 5.92 Å². The molecule has 2 aliphatic carbocycles. The van der Waals surface area contributed by atoms with Gasteiger partial charge in [-0.2, -0.15) is 0 Å². The number of nitrogens with zero attached hydrogens (tertiary/aromatic N) is 3. The highest BCUT2D eigenvalue weighted by atomic mass is 16.5. The van der Waals surface area contributed by atoms with Crippen LogP contribution in [0.5, 0.6) is 0 Å². The molecule has 1 aromatic rings. The predicted octanol–water partition coefficient (Wildman–Crippen LogP) is 3.81. The molecule has 1 saturated carbocycles. The van der Waals surface area contributed by atoms with Crippen LogP contribution in [-0.2, 0) is 10.3 Å². The number of allylic oxidation sites excluding steroid dienone is 4. The second kappa shape index (κ2) is 6.74. The first-order chi connectivity index (χ1) is 13.7. The number of nitrogens with two attached hydrogens (primary N) is 1. The van der Waals surface area contributed by atoms with Gasteiger partial charge in [0.05, 0.1) is 25.6 Å². The molecule has 5 rings (SSSR count). The van der Waals surface area contributed by atoms with Crippen LogP contribution in [-0.4, -0.2) is 30.2 Å². The first kappa shape index (κ1) is 17.4. The fourth-order valence-electron chi connectivity index (χ4n) is 4.62. The molecule has 0 aromatic heterocycles. The van der Waals surface area contributed by atoms with Gasteiger partial charge in [-0.05, 0) is 36.8 Å². The summed E-state index contributed by atoms with van der Waals surface area (Å²) in [6.45, 7) is 0. The molecular weight excluding hydrogens is 348 g/mol. The maximum atomic E-state index is 6.50. The third kappa shape index (κ3) is 2.81. The van der Waals surface area contributed by atoms with Crippen molar-refractivity contribution in [3.63, 3.8) is 0 Å². The third-order valence-electron chi connectivity index (χ3n) is 6.46. The van der Waals surface area contributed by atoms with Crippen LogP contribution in [0.15, 0.2) is 70.5 Å². The van der Waals surface area contributed by atoms with E-state index in [1.165, 1.54) is 17.5 Å². The minimum absolute atomic E-state index is 0.0323. The van der Waals surface area contributed by atoms with E-state index >= 15 is 0 Å². The molecule has 2 heterocycles. The third-order valence-corrected chi connectivity index (χ3v) is 6.46. The summed E-state index contributed by atoms with van der Waals surface area (Å²) in [5, 5.41) is 0. The Hall–Kier alpha value is -2.66. The Morgan fingerprint density at radius 1 is 1.18 bits per heavy atom. The van der Waals surface area contributed by atoms with Crippen LogP contribution in [0.1, 0.15) is 42.9 Å². The van der Waals surface area contributed by atoms with Gasteiger partial charge in [0.1, 0.15) is 6.04 Å². The monoisotopic (exact) mass is 374 g/mol. The Bertz CT molecular complexity index is 905. The van der Waals surface area contributed by atoms with Crippen LogP contribution in [0.2, 0.25) is 0 Å². The average molecular weight is 374 g/mol. The van der Waals surface area contributed by atoms with E-state index in [1.807, 2.05) is 6.20 Å². The van der Waals surface area contributed by atoms with Crippen molar-refractivity contribution in [2.75, 3.05) is 7.11 Å². The molecule has 1 fully saturated rings. The summed E-state index contributed by atoms with van der Waals surface area (Å²) in [6.07, 6.45) is 16.9. The van der Waals surface area contributed by atoms with E-state index in [9.17, 15) is 0 Å². The summed E-state index contributed by atoms with van der Waals surface area (Å²) < 4.78 is 5.42. The van der Waals surface area contributed by atoms with Gasteiger partial charge in [-0.1, -0.05) is 48.6 Å². The largest absolute Gasteiger partial charge is 0.494 e. The van der Waals surface area contributed by atoms with Crippen LogP contribution >= 0.6 is 0 Å². The fraction of sp³-hybridized carbons (Fsp3) is 0.391. The highest BCUT2D eigenvalue weighted by molar-refractivity contribution is 5.97. The van der Waals surface area contributed by atoms with Crippen LogP contribution in [0.3, 0.4) is 0 Å². The van der Waals surface area contributed by atoms with Crippen LogP contribution < -0.4 is 5.73 Å². The summed E-state index contributed by atoms with van der Waals surface area (Å²) in [4.78, 5) is 11.7. The summed E-state index contributed by atoms with van der Waals surface area (Å²) in [5.41, 5.74) is 8.82. The van der Waals surface area contributed by atoms with E-state index < -0.39 is 0 Å². The molecule has 0 radical (unpaired) electrons. The summed E-state index contributed by atoms with van der Waals surface area (Å²) in [6, 6.07) is 9.01. The number of hydrogen-bond donors (Lipinski definition) is 1. The Morgan fingerprint density at radius 2 is 2.00 bits per heavy atom. The Balaban J connectivity index is 1.49. The summed E-state index contributed by atoms with van der Waals surface area (Å²) in [7, 11) is 1.67. The average Bonchev–Trinajstić information content (AvgIpc) is 3.11. The van der Waals surface area contributed by atoms with Crippen molar-refractivity contribution in [3.05, 3.63) is 71.7 Å². The lowest BCUT2D eigenvalue weighted by Gasteiger charge is -2.39. The second-order valence-electron chi connectivity index (χ2n) is 8.11. The molecule has 0 saturated heterocycles. The number of ether oxygens (including phenoxy) is 1. The SMILES string of the molecule is COC1=CN2C(=NC(c3ccc(C4(N)CCC4)cc3)C2C2C=CC=CC2)N=C1. The Kier molecular flexibility index (Phi) is 4.20. The molecule has 28 heavy (non-hydrogen) atoms. The summed E-state index contributed by atoms with van der Waals surface area (Å²) in [5.74, 6) is 1.88. The van der Waals surface area contributed by atoms with E-state index in [1.54, 1.807) is 13.3 Å². The lowest BCUT2D eigenvalue weighted by atomic mass is 9.72. The fourth-order valence-corrected chi connectivity index (χ4v) is 4.62. The number of benzene rings is 1. The van der Waals surface area contributed by atoms with Crippen molar-refractivity contribution >= 4 is 12.2 Å². The van der Waals surface area contributed by atoms with E-state index in [2.05, 4.69) is 58.5 Å². The summed E-state index contributed by atoms with van der Waals surface area (Å²) >= 11 is 0. The first-order valence-corrected chi connectivity index (χ1v) is 10.1. The highest BCUT2D eigenvalue weighted by Crippen LogP contribution is 2.42. The van der Waals surface area contributed by atoms with E-state index in [0.29, 0.717) is 5.92 Å². The number of rotatable bonds is 4. The van der Waals surface area contributed by atoms with Crippen molar-refractivity contribution in [2.45, 2.75) is 43.3 Å². The molecule has 2 N–H and O–H groups in total. The molecule has 1 aromatic carbocycles. The zero-order valence-corrected chi connectivity index (χ0v) is 16.2. The zero-order chi connectivity index (χ0) is 19.1. The van der Waals surface area contributed by atoms with Gasteiger partial charge in [-0.3, -0.25) is 0 Å². The molecule has 0 amide bonds. The lowest BCUT2D eigenvalue weighted by Crippen LogP contribution is -2.43. The first-order valence-electron chi connectivity index (χ1n) is 10.1. The molecule has 144 valence electrons. The zero-order valence-electron chi connectivity index (χ0n) is 16.2. The lowest BCUT2D eigenvalue weighted by molar-refractivity contribution is 0.253. The van der Waals surface area contributed by atoms with Crippen molar-refractivity contribution in [1.29, 1.82) is 0 Å². The number of guanidine groups is 1. The molecule has 3 unspecified atom stereocenters. The minimum Gasteiger partial charge on any atom is -0.494 e. The van der Waals surface area contributed by atoms with Crippen molar-refractivity contribution in [3.8, 4) is 0 Å². The number of methoxy groups -OCH3 is 1. The van der Waals surface area contributed by atoms with Crippen LogP contribution in [0.4, 0.5) is 0 Å². The molecular formula is C23H26N4O. The Labute approximate surface area is 166 Å². The topological polar surface area (TPSA) is 63.2 Å². The maximum Gasteiger partial charge on any atom is 0.226 e. The van der Waals surface area contributed by atoms with Crippen molar-refractivity contribution < 1.29 is 4.74 Å². The maximum absolute atomic E-state index is 6.50. The van der Waals surface area contributed by atoms with Crippen molar-refractivity contribution in [2.24, 2.45) is 21.6 Å². The molecule has 2 aliphatic heterocycles. The van der Waals surface area contributed by atoms with Gasteiger partial charge in [0.15, 0.2) is 5.76 Å². The molecule has 5 nitrogen and oxygen atoms in total. The number of hydrogen-bond acceptors (Lipinski definition) is 5. The van der Waals surface area contributed by atoms with E-state index in [-0.39, 0.29) is 17.6 Å². The molecule has 4 aliphatic rings. The van der Waals surface area contributed by atoms with Gasteiger partial charge < -0.3 is 15.4 Å². The highest BCUT2D eigenvalue weighted by Gasteiger charge is 2.42. The Morgan fingerprint density at radius 3 is 2.64 bits per heavy atom. The normalized spacial score (nSPS) is 29.8. The van der Waals surface area contributed by atoms with Crippen LogP contribution in [0.25, 0.3) is 0 Å². The standard InChI is InChI=1S/C23H26N4O/c1-28-19-14-25-22-26-20(21(27(22)15-19)17-6-3-2-4-7-17)16-8-10-18(11-9-16)23(24)12-5-13-23/h2-4,6,8-11,14-15,17,20-21H,5,7,12-13,24H2,1H3. The molecule has 0 spiro atoms. The second-order valence-corrected chi connectivity index (χ2v) is 8.11. The smallest absolute Gasteiger partial charge is 0.226 e. The molecule has 5 heteroatoms. The van der Waals surface area contributed by atoms with Gasteiger partial charge >= 0.3 is 0 Å². The quantitative estimate of drug-likeness (QED) is 0.872. The van der Waals surface area contributed by atoms with Crippen molar-refractivity contribution in [1.82, 2.24) is 4.90 Å². The van der Waals surface area contributed by atoms with E-state index in [4.69, 9.17) is 15.5 Å². The van der Waals surface area contributed by atoms with Gasteiger partial charge in [-0.15, -0.1) is 0 Å². The molecule has 3 atom stereocenters. The van der Waals surface area contributed by atoms with E-state index in [0.717, 1.165) is 31.0 Å². The predicted molar refractivity (Wildman–Crippen MR) is 112 cm³/mol. The van der Waals surface area contributed by atoms with Gasteiger partial charge in [0, 0.05) is 11.5 Å². The van der Waals surface area contributed by atoms with Gasteiger partial charge in [0.2, 0.25) is 5.96 Å². The number of aliphatic imine (C=N–C) groups is 2.